The standard InChI is InChI=1S/C14H24N6O/c1-13(2)8-5-6-14(3,7-8)9(13)16-10-17-11(20-15)19-12(18-10)21-4/h8-9H,5-7,15H2,1-4H3,(H2,16,17,18,19,20). The minimum Gasteiger partial charge on any atom is -0.467 e. The Bertz CT molecular complexity index is 521. The Hall–Kier alpha value is -1.63. The van der Waals surface area contributed by atoms with E-state index in [9.17, 15) is 0 Å². The zero-order chi connectivity index (χ0) is 15.3. The monoisotopic (exact) mass is 292 g/mol. The number of nitrogens with zero attached hydrogens (tertiary/aromatic N) is 3. The Morgan fingerprint density at radius 3 is 2.48 bits per heavy atom. The highest BCUT2D eigenvalue weighted by Gasteiger charge is 2.59. The maximum atomic E-state index is 5.40. The van der Waals surface area contributed by atoms with E-state index in [1.807, 2.05) is 0 Å². The van der Waals surface area contributed by atoms with Gasteiger partial charge in [0.25, 0.3) is 0 Å². The Labute approximate surface area is 125 Å². The van der Waals surface area contributed by atoms with E-state index in [4.69, 9.17) is 10.6 Å². The van der Waals surface area contributed by atoms with Crippen molar-refractivity contribution in [3.05, 3.63) is 0 Å². The Balaban J connectivity index is 1.89. The number of hydrazine groups is 1. The van der Waals surface area contributed by atoms with Gasteiger partial charge in [-0.3, -0.25) is 5.43 Å². The van der Waals surface area contributed by atoms with Gasteiger partial charge in [0.1, 0.15) is 0 Å². The number of nitrogen functional groups attached to an aromatic ring is 1. The third-order valence-corrected chi connectivity index (χ3v) is 5.47. The second kappa shape index (κ2) is 4.69. The molecule has 0 amide bonds. The molecule has 21 heavy (non-hydrogen) atoms. The average molecular weight is 292 g/mol. The highest BCUT2D eigenvalue weighted by molar-refractivity contribution is 5.38. The van der Waals surface area contributed by atoms with Crippen LogP contribution in [0.5, 0.6) is 6.01 Å². The molecule has 2 aliphatic rings. The van der Waals surface area contributed by atoms with Gasteiger partial charge < -0.3 is 10.1 Å². The van der Waals surface area contributed by atoms with Crippen molar-refractivity contribution in [2.75, 3.05) is 17.9 Å². The number of nitrogens with one attached hydrogen (secondary N) is 2. The molecule has 1 heterocycles. The molecule has 4 N–H and O–H groups in total. The van der Waals surface area contributed by atoms with E-state index in [1.54, 1.807) is 0 Å². The van der Waals surface area contributed by atoms with Gasteiger partial charge in [-0.25, -0.2) is 5.84 Å². The van der Waals surface area contributed by atoms with Crippen molar-refractivity contribution < 1.29 is 4.74 Å². The van der Waals surface area contributed by atoms with Crippen LogP contribution in [0.2, 0.25) is 0 Å². The van der Waals surface area contributed by atoms with Gasteiger partial charge in [-0.15, -0.1) is 0 Å². The van der Waals surface area contributed by atoms with Crippen LogP contribution in [0, 0.1) is 16.7 Å². The van der Waals surface area contributed by atoms with Gasteiger partial charge in [0.05, 0.1) is 7.11 Å². The fourth-order valence-electron chi connectivity index (χ4n) is 4.37. The largest absolute Gasteiger partial charge is 0.467 e. The molecule has 3 atom stereocenters. The third-order valence-electron chi connectivity index (χ3n) is 5.47. The molecular weight excluding hydrogens is 268 g/mol. The van der Waals surface area contributed by atoms with Crippen LogP contribution in [0.1, 0.15) is 40.0 Å². The molecule has 0 aromatic carbocycles. The van der Waals surface area contributed by atoms with Gasteiger partial charge >= 0.3 is 6.01 Å². The first kappa shape index (κ1) is 14.3. The Morgan fingerprint density at radius 1 is 1.19 bits per heavy atom. The number of ether oxygens (including phenoxy) is 1. The van der Waals surface area contributed by atoms with Crippen LogP contribution in [0.3, 0.4) is 0 Å². The lowest BCUT2D eigenvalue weighted by Crippen LogP contribution is -2.46. The molecule has 3 rings (SSSR count). The van der Waals surface area contributed by atoms with E-state index >= 15 is 0 Å². The van der Waals surface area contributed by atoms with Crippen LogP contribution in [0.15, 0.2) is 0 Å². The quantitative estimate of drug-likeness (QED) is 0.575. The van der Waals surface area contributed by atoms with Gasteiger partial charge in [-0.1, -0.05) is 20.8 Å². The minimum absolute atomic E-state index is 0.225. The third kappa shape index (κ3) is 2.19. The smallest absolute Gasteiger partial charge is 0.322 e. The Kier molecular flexibility index (Phi) is 3.20. The molecule has 0 aliphatic heterocycles. The maximum Gasteiger partial charge on any atom is 0.322 e. The van der Waals surface area contributed by atoms with E-state index in [-0.39, 0.29) is 11.4 Å². The summed E-state index contributed by atoms with van der Waals surface area (Å²) in [5, 5.41) is 3.51. The van der Waals surface area contributed by atoms with Crippen LogP contribution >= 0.6 is 0 Å². The molecule has 0 spiro atoms. The van der Waals surface area contributed by atoms with Gasteiger partial charge in [-0.2, -0.15) is 15.0 Å². The summed E-state index contributed by atoms with van der Waals surface area (Å²) in [7, 11) is 1.53. The van der Waals surface area contributed by atoms with Crippen LogP contribution in [0.25, 0.3) is 0 Å². The molecule has 2 aliphatic carbocycles. The van der Waals surface area contributed by atoms with Gasteiger partial charge in [-0.05, 0) is 36.0 Å². The van der Waals surface area contributed by atoms with E-state index in [0.717, 1.165) is 5.92 Å². The fourth-order valence-corrected chi connectivity index (χ4v) is 4.37. The number of aromatic nitrogens is 3. The van der Waals surface area contributed by atoms with Gasteiger partial charge in [0.2, 0.25) is 11.9 Å². The van der Waals surface area contributed by atoms with Crippen LogP contribution < -0.4 is 21.3 Å². The lowest BCUT2D eigenvalue weighted by atomic mass is 9.68. The molecule has 2 bridgehead atoms. The SMILES string of the molecule is COc1nc(NN)nc(NC2C3(C)CCC(C3)C2(C)C)n1. The van der Waals surface area contributed by atoms with Crippen molar-refractivity contribution >= 4 is 11.9 Å². The minimum atomic E-state index is 0.225. The van der Waals surface area contributed by atoms with Crippen molar-refractivity contribution in [2.24, 2.45) is 22.6 Å². The number of hydrogen-bond acceptors (Lipinski definition) is 7. The molecule has 7 heteroatoms. The zero-order valence-corrected chi connectivity index (χ0v) is 13.1. The molecule has 7 nitrogen and oxygen atoms in total. The molecular formula is C14H24N6O. The predicted octanol–water partition coefficient (Wildman–Crippen LogP) is 1.79. The summed E-state index contributed by atoms with van der Waals surface area (Å²) in [6.45, 7) is 7.03. The number of rotatable bonds is 4. The molecule has 0 saturated heterocycles. The van der Waals surface area contributed by atoms with Gasteiger partial charge in [0.15, 0.2) is 0 Å². The topological polar surface area (TPSA) is 98.0 Å². The van der Waals surface area contributed by atoms with E-state index < -0.39 is 0 Å². The Morgan fingerprint density at radius 2 is 1.90 bits per heavy atom. The molecule has 2 saturated carbocycles. The van der Waals surface area contributed by atoms with E-state index in [1.165, 1.54) is 26.4 Å². The molecule has 2 fully saturated rings. The average Bonchev–Trinajstić information content (AvgIpc) is 2.94. The predicted molar refractivity (Wildman–Crippen MR) is 80.8 cm³/mol. The molecule has 1 aromatic heterocycles. The van der Waals surface area contributed by atoms with Crippen LogP contribution in [-0.2, 0) is 0 Å². The number of nitrogens with two attached hydrogens (primary N) is 1. The van der Waals surface area contributed by atoms with Crippen molar-refractivity contribution in [1.29, 1.82) is 0 Å². The highest BCUT2D eigenvalue weighted by atomic mass is 16.5. The van der Waals surface area contributed by atoms with Crippen molar-refractivity contribution in [3.63, 3.8) is 0 Å². The highest BCUT2D eigenvalue weighted by Crippen LogP contribution is 2.62. The molecule has 1 aromatic rings. The summed E-state index contributed by atoms with van der Waals surface area (Å²) in [5.74, 6) is 6.98. The first-order valence-corrected chi connectivity index (χ1v) is 7.42. The summed E-state index contributed by atoms with van der Waals surface area (Å²) in [4.78, 5) is 12.6. The summed E-state index contributed by atoms with van der Waals surface area (Å²) in [5.41, 5.74) is 2.97. The lowest BCUT2D eigenvalue weighted by Gasteiger charge is -2.43. The summed E-state index contributed by atoms with van der Waals surface area (Å²) in [6, 6.07) is 0.591. The number of fused-ring (bicyclic) bond motifs is 2. The number of anilines is 2. The number of methoxy groups -OCH3 is 1. The summed E-state index contributed by atoms with van der Waals surface area (Å²) in [6.07, 6.45) is 3.84. The molecule has 3 unspecified atom stereocenters. The van der Waals surface area contributed by atoms with Gasteiger partial charge in [0, 0.05) is 6.04 Å². The van der Waals surface area contributed by atoms with Crippen LogP contribution in [0.4, 0.5) is 11.9 Å². The van der Waals surface area contributed by atoms with Crippen molar-refractivity contribution in [3.8, 4) is 6.01 Å². The summed E-state index contributed by atoms with van der Waals surface area (Å²) < 4.78 is 5.10. The van der Waals surface area contributed by atoms with E-state index in [0.29, 0.717) is 23.4 Å². The van der Waals surface area contributed by atoms with Crippen molar-refractivity contribution in [1.82, 2.24) is 15.0 Å². The lowest BCUT2D eigenvalue weighted by molar-refractivity contribution is 0.154. The second-order valence-corrected chi connectivity index (χ2v) is 7.11. The number of hydrogen-bond donors (Lipinski definition) is 3. The first-order valence-electron chi connectivity index (χ1n) is 7.42. The normalized spacial score (nSPS) is 33.0. The van der Waals surface area contributed by atoms with Crippen LogP contribution in [-0.4, -0.2) is 28.1 Å². The zero-order valence-electron chi connectivity index (χ0n) is 13.1. The summed E-state index contributed by atoms with van der Waals surface area (Å²) >= 11 is 0. The second-order valence-electron chi connectivity index (χ2n) is 7.11. The molecule has 116 valence electrons. The first-order chi connectivity index (χ1) is 9.89. The maximum absolute atomic E-state index is 5.40. The van der Waals surface area contributed by atoms with Crippen molar-refractivity contribution in [2.45, 2.75) is 46.1 Å². The van der Waals surface area contributed by atoms with E-state index in [2.05, 4.69) is 46.5 Å². The molecule has 0 radical (unpaired) electrons. The fraction of sp³-hybridized carbons (Fsp3) is 0.786.